The second kappa shape index (κ2) is 14.8. The van der Waals surface area contributed by atoms with Gasteiger partial charge >= 0.3 is 0 Å². The van der Waals surface area contributed by atoms with Crippen LogP contribution >= 0.6 is 0 Å². The molecule has 0 N–H and O–H groups in total. The maximum atomic E-state index is 2.62. The van der Waals surface area contributed by atoms with Gasteiger partial charge in [0.1, 0.15) is 0 Å². The zero-order chi connectivity index (χ0) is 48.0. The highest BCUT2D eigenvalue weighted by Crippen LogP contribution is 2.64. The summed E-state index contributed by atoms with van der Waals surface area (Å²) in [5.41, 5.74) is 28.9. The van der Waals surface area contributed by atoms with Gasteiger partial charge in [-0.2, -0.15) is 0 Å². The molecule has 0 atom stereocenters. The molecule has 0 radical (unpaired) electrons. The summed E-state index contributed by atoms with van der Waals surface area (Å²) in [5, 5.41) is 0. The summed E-state index contributed by atoms with van der Waals surface area (Å²) in [7, 11) is 0. The first-order valence-corrected chi connectivity index (χ1v) is 25.4. The summed E-state index contributed by atoms with van der Waals surface area (Å²) < 4.78 is 0. The van der Waals surface area contributed by atoms with Crippen LogP contribution in [0.4, 0.5) is 17.1 Å². The van der Waals surface area contributed by atoms with Crippen molar-refractivity contribution >= 4 is 17.1 Å². The molecule has 340 valence electrons. The predicted octanol–water partition coefficient (Wildman–Crippen LogP) is 18.1. The molecule has 0 amide bonds. The van der Waals surface area contributed by atoms with Crippen LogP contribution in [0.1, 0.15) is 97.2 Å². The number of rotatable bonds is 6. The Balaban J connectivity index is 1.05. The summed E-state index contributed by atoms with van der Waals surface area (Å²) in [5.74, 6) is 0. The third-order valence-electron chi connectivity index (χ3n) is 17.3. The van der Waals surface area contributed by atoms with Crippen LogP contribution in [-0.2, 0) is 21.7 Å². The zero-order valence-corrected chi connectivity index (χ0v) is 41.3. The summed E-state index contributed by atoms with van der Waals surface area (Å²) >= 11 is 0. The molecule has 0 aliphatic heterocycles. The van der Waals surface area contributed by atoms with Crippen LogP contribution in [-0.4, -0.2) is 0 Å². The molecule has 0 heterocycles. The summed E-state index contributed by atoms with van der Waals surface area (Å²) in [6.45, 7) is 14.5. The van der Waals surface area contributed by atoms with Gasteiger partial charge in [-0.1, -0.05) is 230 Å². The van der Waals surface area contributed by atoms with Gasteiger partial charge in [-0.15, -0.1) is 0 Å². The van der Waals surface area contributed by atoms with E-state index in [2.05, 4.69) is 271 Å². The van der Waals surface area contributed by atoms with Gasteiger partial charge in [0.05, 0.1) is 5.41 Å². The van der Waals surface area contributed by atoms with Crippen LogP contribution in [0.25, 0.3) is 55.6 Å². The van der Waals surface area contributed by atoms with Crippen molar-refractivity contribution in [2.24, 2.45) is 0 Å². The number of benzene rings is 10. The van der Waals surface area contributed by atoms with Crippen molar-refractivity contribution in [2.75, 3.05) is 4.90 Å². The van der Waals surface area contributed by atoms with Crippen LogP contribution < -0.4 is 4.90 Å². The van der Waals surface area contributed by atoms with E-state index in [4.69, 9.17) is 0 Å². The molecule has 1 nitrogen and oxygen atoms in total. The van der Waals surface area contributed by atoms with Crippen molar-refractivity contribution in [2.45, 2.75) is 63.2 Å². The lowest BCUT2D eigenvalue weighted by atomic mass is 9.66. The fourth-order valence-electron chi connectivity index (χ4n) is 13.9. The van der Waals surface area contributed by atoms with Crippen LogP contribution in [0.2, 0.25) is 0 Å². The van der Waals surface area contributed by atoms with Crippen LogP contribution in [0.3, 0.4) is 0 Å². The Morgan fingerprint density at radius 1 is 0.254 bits per heavy atom. The van der Waals surface area contributed by atoms with Crippen molar-refractivity contribution < 1.29 is 0 Å². The van der Waals surface area contributed by atoms with Crippen LogP contribution in [0, 0.1) is 0 Å². The van der Waals surface area contributed by atoms with Gasteiger partial charge in [0.15, 0.2) is 0 Å². The van der Waals surface area contributed by atoms with Crippen LogP contribution in [0.5, 0.6) is 0 Å². The molecule has 71 heavy (non-hydrogen) atoms. The van der Waals surface area contributed by atoms with E-state index < -0.39 is 5.41 Å². The minimum Gasteiger partial charge on any atom is -0.310 e. The summed E-state index contributed by atoms with van der Waals surface area (Å²) in [6.07, 6.45) is 0. The Hall–Kier alpha value is -8.00. The molecular weight excluding hydrogens is 855 g/mol. The standard InChI is InChI=1S/C70H55N/c1-67(2)56-31-19-16-28-50(56)52-37-34-48(41-60(52)67)71(49-35-38-53-51-29-17-20-32-57(51)68(3,4)61(53)42-49)47-36-39-58-55(40-47)66-62(69(58,5)6)43-63-65(64(66)44-22-10-7-11-23-44)54-30-18-21-33-59(54)70(63,45-24-12-8-13-25-45)46-26-14-9-15-27-46/h7-43H,1-6H3. The van der Waals surface area contributed by atoms with E-state index in [1.54, 1.807) is 0 Å². The molecule has 1 heteroatoms. The molecule has 4 aliphatic rings. The first-order valence-electron chi connectivity index (χ1n) is 25.4. The molecule has 0 saturated carbocycles. The largest absolute Gasteiger partial charge is 0.310 e. The minimum atomic E-state index is -0.526. The van der Waals surface area contributed by atoms with E-state index in [1.807, 2.05) is 0 Å². The van der Waals surface area contributed by atoms with E-state index in [1.165, 1.54) is 111 Å². The first kappa shape index (κ1) is 41.9. The van der Waals surface area contributed by atoms with Gasteiger partial charge in [-0.25, -0.2) is 0 Å². The molecule has 0 fully saturated rings. The molecule has 14 rings (SSSR count). The predicted molar refractivity (Wildman–Crippen MR) is 297 cm³/mol. The number of hydrogen-bond donors (Lipinski definition) is 0. The summed E-state index contributed by atoms with van der Waals surface area (Å²) in [6, 6.07) is 85.4. The first-order chi connectivity index (χ1) is 34.5. The molecule has 4 aliphatic carbocycles. The Bertz CT molecular complexity index is 3690. The molecular formula is C70H55N. The third kappa shape index (κ3) is 5.58. The molecule has 0 aromatic heterocycles. The molecule has 0 unspecified atom stereocenters. The lowest BCUT2D eigenvalue weighted by Gasteiger charge is -2.35. The lowest BCUT2D eigenvalue weighted by molar-refractivity contribution is 0.656. The van der Waals surface area contributed by atoms with Crippen molar-refractivity contribution in [1.82, 2.24) is 0 Å². The molecule has 0 saturated heterocycles. The van der Waals surface area contributed by atoms with E-state index >= 15 is 0 Å². The highest BCUT2D eigenvalue weighted by atomic mass is 15.1. The average molecular weight is 910 g/mol. The molecule has 0 spiro atoms. The Morgan fingerprint density at radius 2 is 0.648 bits per heavy atom. The van der Waals surface area contributed by atoms with E-state index in [-0.39, 0.29) is 16.2 Å². The van der Waals surface area contributed by atoms with E-state index in [0.717, 1.165) is 17.1 Å². The fraction of sp³-hybridized carbons (Fsp3) is 0.143. The van der Waals surface area contributed by atoms with E-state index in [0.29, 0.717) is 0 Å². The lowest BCUT2D eigenvalue weighted by Crippen LogP contribution is -2.29. The monoisotopic (exact) mass is 909 g/mol. The topological polar surface area (TPSA) is 3.24 Å². The van der Waals surface area contributed by atoms with Gasteiger partial charge in [-0.05, 0) is 148 Å². The van der Waals surface area contributed by atoms with E-state index in [9.17, 15) is 0 Å². The molecule has 10 aromatic carbocycles. The van der Waals surface area contributed by atoms with Gasteiger partial charge in [0.2, 0.25) is 0 Å². The third-order valence-corrected chi connectivity index (χ3v) is 17.3. The van der Waals surface area contributed by atoms with Gasteiger partial charge < -0.3 is 4.90 Å². The minimum absolute atomic E-state index is 0.147. The Kier molecular flexibility index (Phi) is 8.72. The Morgan fingerprint density at radius 3 is 1.20 bits per heavy atom. The van der Waals surface area contributed by atoms with Crippen LogP contribution in [0.15, 0.2) is 224 Å². The molecule has 0 bridgehead atoms. The van der Waals surface area contributed by atoms with Gasteiger partial charge in [-0.3, -0.25) is 0 Å². The number of anilines is 3. The van der Waals surface area contributed by atoms with Gasteiger partial charge in [0.25, 0.3) is 0 Å². The second-order valence-corrected chi connectivity index (χ2v) is 22.0. The highest BCUT2D eigenvalue weighted by molar-refractivity contribution is 6.06. The Labute approximate surface area is 418 Å². The summed E-state index contributed by atoms with van der Waals surface area (Å²) in [4.78, 5) is 2.55. The smallest absolute Gasteiger partial charge is 0.0713 e. The molecule has 10 aromatic rings. The van der Waals surface area contributed by atoms with Crippen molar-refractivity contribution in [3.8, 4) is 55.6 Å². The van der Waals surface area contributed by atoms with Crippen molar-refractivity contribution in [3.05, 3.63) is 280 Å². The highest BCUT2D eigenvalue weighted by Gasteiger charge is 2.50. The second-order valence-electron chi connectivity index (χ2n) is 22.0. The maximum Gasteiger partial charge on any atom is 0.0713 e. The van der Waals surface area contributed by atoms with Gasteiger partial charge in [0, 0.05) is 33.3 Å². The zero-order valence-electron chi connectivity index (χ0n) is 41.3. The normalized spacial score (nSPS) is 15.9. The quantitative estimate of drug-likeness (QED) is 0.161. The SMILES string of the molecule is CC1(C)c2ccccc2-c2ccc(N(c3ccc4c(c3)-c3c(cc5c(c3-c3ccccc3)-c3ccccc3C5(c3ccccc3)c3ccccc3)C4(C)C)c3ccc4c(c3)C(C)(C)c3ccccc3-4)cc21. The fourth-order valence-corrected chi connectivity index (χ4v) is 13.9. The number of nitrogens with zero attached hydrogens (tertiary/aromatic N) is 1. The average Bonchev–Trinajstić information content (AvgIpc) is 4.00. The van der Waals surface area contributed by atoms with Crippen molar-refractivity contribution in [1.29, 1.82) is 0 Å². The number of fused-ring (bicyclic) bond motifs is 12. The maximum absolute atomic E-state index is 2.62. The van der Waals surface area contributed by atoms with Crippen molar-refractivity contribution in [3.63, 3.8) is 0 Å². The number of hydrogen-bond acceptors (Lipinski definition) is 1.